The van der Waals surface area contributed by atoms with E-state index in [4.69, 9.17) is 4.74 Å². The Bertz CT molecular complexity index is 2430. The summed E-state index contributed by atoms with van der Waals surface area (Å²) in [6, 6.07) is 10.7. The summed E-state index contributed by atoms with van der Waals surface area (Å²) in [6.45, 7) is 8.44. The standard InChI is InChI=1S/C25H38N6O4S.C20H30N6O2S/c1-25(2,3)35-24(32)30-14-8-11-20(17-30)31-23(27-28-29-31)22-16-21(36(33,34)26-4)13-12-19(22)15-18-9-6-5-7-10-18;1-21-29(27,28)18-10-9-16(12-15-6-3-2-4-7-15)19(13-18)20-23-24-25-26(20)17-8-5-11-22-14-17/h12-13,16,18,20,26H,5-11,14-15,17H2,1-4H3;9-10,13,15,17,21-22H,2-8,11-12,14H2,1H3. The summed E-state index contributed by atoms with van der Waals surface area (Å²) in [7, 11) is -4.34. The van der Waals surface area contributed by atoms with E-state index in [1.54, 1.807) is 33.8 Å². The lowest BCUT2D eigenvalue weighted by Crippen LogP contribution is -2.43. The number of amides is 1. The first-order valence-corrected chi connectivity index (χ1v) is 26.5. The molecule has 1 amide bonds. The molecule has 2 saturated heterocycles. The number of aromatic nitrogens is 8. The molecular formula is C45H68N12O6S2. The summed E-state index contributed by atoms with van der Waals surface area (Å²) < 4.78 is 64.1. The van der Waals surface area contributed by atoms with Gasteiger partial charge in [-0.3, -0.25) is 0 Å². The SMILES string of the molecule is CNS(=O)(=O)c1ccc(CC2CCCCC2)c(-c2nnnn2C2CCCN(C(=O)OC(C)(C)C)C2)c1.CNS(=O)(=O)c1ccc(CC2CCCCC2)c(-c2nnnn2C2CCCNC2)c1. The highest BCUT2D eigenvalue weighted by Crippen LogP contribution is 2.36. The van der Waals surface area contributed by atoms with Crippen molar-refractivity contribution >= 4 is 26.1 Å². The molecule has 3 N–H and O–H groups in total. The third-order valence-electron chi connectivity index (χ3n) is 13.3. The van der Waals surface area contributed by atoms with E-state index in [0.717, 1.165) is 73.9 Å². The number of likely N-dealkylation sites (tertiary alicyclic amines) is 1. The molecule has 18 nitrogen and oxygen atoms in total. The molecule has 0 radical (unpaired) electrons. The normalized spacial score (nSPS) is 20.5. The Labute approximate surface area is 384 Å². The summed E-state index contributed by atoms with van der Waals surface area (Å²) in [5.74, 6) is 2.39. The highest BCUT2D eigenvalue weighted by Gasteiger charge is 2.32. The molecule has 2 aromatic carbocycles. The molecule has 4 aromatic rings. The third kappa shape index (κ3) is 12.4. The van der Waals surface area contributed by atoms with Gasteiger partial charge in [-0.25, -0.2) is 40.4 Å². The van der Waals surface area contributed by atoms with Gasteiger partial charge in [0.1, 0.15) is 5.60 Å². The first kappa shape index (κ1) is 48.6. The molecule has 4 fully saturated rings. The molecule has 2 aliphatic carbocycles. The summed E-state index contributed by atoms with van der Waals surface area (Å²) >= 11 is 0. The molecule has 356 valence electrons. The molecule has 0 spiro atoms. The lowest BCUT2D eigenvalue weighted by Gasteiger charge is -2.34. The van der Waals surface area contributed by atoms with Crippen LogP contribution in [-0.4, -0.2) is 114 Å². The minimum Gasteiger partial charge on any atom is -0.444 e. The van der Waals surface area contributed by atoms with E-state index in [1.165, 1.54) is 78.3 Å². The number of rotatable bonds is 12. The summed E-state index contributed by atoms with van der Waals surface area (Å²) in [4.78, 5) is 14.9. The van der Waals surface area contributed by atoms with Crippen molar-refractivity contribution in [2.75, 3.05) is 40.3 Å². The van der Waals surface area contributed by atoms with Crippen molar-refractivity contribution in [2.24, 2.45) is 11.8 Å². The molecule has 2 saturated carbocycles. The second kappa shape index (κ2) is 21.5. The first-order valence-electron chi connectivity index (χ1n) is 23.5. The lowest BCUT2D eigenvalue weighted by molar-refractivity contribution is 0.0167. The largest absolute Gasteiger partial charge is 0.444 e. The second-order valence-corrected chi connectivity index (χ2v) is 22.9. The topological polar surface area (TPSA) is 221 Å². The van der Waals surface area contributed by atoms with Gasteiger partial charge in [-0.15, -0.1) is 10.2 Å². The number of ether oxygens (including phenoxy) is 1. The molecule has 2 atom stereocenters. The average Bonchev–Trinajstić information content (AvgIpc) is 4.01. The van der Waals surface area contributed by atoms with Gasteiger partial charge in [-0.2, -0.15) is 0 Å². The van der Waals surface area contributed by atoms with Gasteiger partial charge in [0.2, 0.25) is 20.0 Å². The average molecular weight is 937 g/mol. The van der Waals surface area contributed by atoms with Gasteiger partial charge >= 0.3 is 6.09 Å². The van der Waals surface area contributed by atoms with Crippen LogP contribution in [0, 0.1) is 11.8 Å². The molecule has 2 aromatic heterocycles. The molecule has 0 bridgehead atoms. The Hall–Kier alpha value is -4.37. The minimum absolute atomic E-state index is 0.136. The Morgan fingerprint density at radius 3 is 1.65 bits per heavy atom. The fourth-order valence-electron chi connectivity index (χ4n) is 9.78. The molecular weight excluding hydrogens is 869 g/mol. The highest BCUT2D eigenvalue weighted by atomic mass is 32.2. The van der Waals surface area contributed by atoms with Crippen LogP contribution in [0.5, 0.6) is 0 Å². The Morgan fingerprint density at radius 2 is 1.18 bits per heavy atom. The van der Waals surface area contributed by atoms with Crippen LogP contribution in [0.4, 0.5) is 4.79 Å². The van der Waals surface area contributed by atoms with Gasteiger partial charge in [0.15, 0.2) is 11.6 Å². The van der Waals surface area contributed by atoms with Crippen LogP contribution in [0.2, 0.25) is 0 Å². The van der Waals surface area contributed by atoms with E-state index in [-0.39, 0.29) is 28.0 Å². The van der Waals surface area contributed by atoms with Gasteiger partial charge in [0.25, 0.3) is 0 Å². The number of hydrogen-bond acceptors (Lipinski definition) is 13. The number of hydrogen-bond donors (Lipinski definition) is 3. The van der Waals surface area contributed by atoms with Crippen molar-refractivity contribution in [1.29, 1.82) is 0 Å². The van der Waals surface area contributed by atoms with Gasteiger partial charge < -0.3 is 15.0 Å². The van der Waals surface area contributed by atoms with Crippen LogP contribution in [0.25, 0.3) is 22.8 Å². The molecule has 4 heterocycles. The predicted octanol–water partition coefficient (Wildman–Crippen LogP) is 6.24. The van der Waals surface area contributed by atoms with Crippen molar-refractivity contribution < 1.29 is 26.4 Å². The first-order chi connectivity index (χ1) is 31.2. The molecule has 2 unspecified atom stereocenters. The number of carbonyl (C=O) groups excluding carboxylic acids is 1. The summed E-state index contributed by atoms with van der Waals surface area (Å²) in [5.41, 5.74) is 3.18. The van der Waals surface area contributed by atoms with Crippen molar-refractivity contribution in [3.63, 3.8) is 0 Å². The van der Waals surface area contributed by atoms with Crippen LogP contribution in [-0.2, 0) is 37.6 Å². The van der Waals surface area contributed by atoms with E-state index in [1.807, 2.05) is 37.6 Å². The van der Waals surface area contributed by atoms with Crippen LogP contribution in [0.3, 0.4) is 0 Å². The van der Waals surface area contributed by atoms with Crippen LogP contribution in [0.15, 0.2) is 46.2 Å². The number of nitrogens with one attached hydrogen (secondary N) is 3. The smallest absolute Gasteiger partial charge is 0.410 e. The van der Waals surface area contributed by atoms with Crippen LogP contribution >= 0.6 is 0 Å². The molecule has 65 heavy (non-hydrogen) atoms. The monoisotopic (exact) mass is 936 g/mol. The highest BCUT2D eigenvalue weighted by molar-refractivity contribution is 7.89. The zero-order valence-electron chi connectivity index (χ0n) is 38.7. The van der Waals surface area contributed by atoms with Gasteiger partial charge in [0, 0.05) is 30.8 Å². The predicted molar refractivity (Wildman–Crippen MR) is 247 cm³/mol. The van der Waals surface area contributed by atoms with Gasteiger partial charge in [-0.05, 0) is 148 Å². The summed E-state index contributed by atoms with van der Waals surface area (Å²) in [5, 5.41) is 28.5. The van der Waals surface area contributed by atoms with E-state index in [9.17, 15) is 21.6 Å². The number of piperidine rings is 2. The summed E-state index contributed by atoms with van der Waals surface area (Å²) in [6.07, 6.45) is 17.6. The van der Waals surface area contributed by atoms with E-state index < -0.39 is 25.6 Å². The fourth-order valence-corrected chi connectivity index (χ4v) is 11.3. The van der Waals surface area contributed by atoms with Crippen LogP contribution < -0.4 is 14.8 Å². The second-order valence-electron chi connectivity index (χ2n) is 19.1. The molecule has 20 heteroatoms. The molecule has 8 rings (SSSR count). The van der Waals surface area contributed by atoms with Gasteiger partial charge in [-0.1, -0.05) is 76.3 Å². The van der Waals surface area contributed by atoms with E-state index in [0.29, 0.717) is 36.6 Å². The Morgan fingerprint density at radius 1 is 0.692 bits per heavy atom. The fraction of sp³-hybridized carbons (Fsp3) is 0.667. The van der Waals surface area contributed by atoms with Crippen molar-refractivity contribution in [1.82, 2.24) is 60.1 Å². The maximum atomic E-state index is 12.7. The number of carbonyl (C=O) groups is 1. The zero-order chi connectivity index (χ0) is 46.2. The quantitative estimate of drug-likeness (QED) is 0.143. The van der Waals surface area contributed by atoms with Crippen LogP contribution in [0.1, 0.15) is 134 Å². The van der Waals surface area contributed by atoms with Gasteiger partial charge in [0.05, 0.1) is 21.9 Å². The number of nitrogens with zero attached hydrogens (tertiary/aromatic N) is 9. The minimum atomic E-state index is -3.63. The molecule has 4 aliphatic rings. The zero-order valence-corrected chi connectivity index (χ0v) is 40.3. The van der Waals surface area contributed by atoms with Crippen molar-refractivity contribution in [3.8, 4) is 22.8 Å². The van der Waals surface area contributed by atoms with Crippen molar-refractivity contribution in [3.05, 3.63) is 47.5 Å². The Balaban J connectivity index is 0.000000198. The van der Waals surface area contributed by atoms with E-state index >= 15 is 0 Å². The maximum absolute atomic E-state index is 12.7. The number of tetrazole rings is 2. The third-order valence-corrected chi connectivity index (χ3v) is 16.1. The Kier molecular flexibility index (Phi) is 16.1. The maximum Gasteiger partial charge on any atom is 0.410 e. The van der Waals surface area contributed by atoms with E-state index in [2.05, 4.69) is 45.8 Å². The van der Waals surface area contributed by atoms with Crippen molar-refractivity contribution in [2.45, 2.75) is 151 Å². The number of benzene rings is 2. The molecule has 2 aliphatic heterocycles. The number of sulfonamides is 2. The lowest BCUT2D eigenvalue weighted by atomic mass is 9.84.